The largest absolute Gasteiger partial charge is 0.329 e. The highest BCUT2D eigenvalue weighted by atomic mass is 19.1. The number of halogens is 1. The lowest BCUT2D eigenvalue weighted by atomic mass is 10.1. The molecule has 0 aliphatic carbocycles. The SMILES string of the molecule is N#CCCN1CC(c2ccc(F)cc2)NC1=O. The molecule has 0 radical (unpaired) electrons. The van der Waals surface area contributed by atoms with Crippen LogP contribution in [0.5, 0.6) is 0 Å². The Morgan fingerprint density at radius 3 is 2.82 bits per heavy atom. The van der Waals surface area contributed by atoms with Crippen LogP contribution >= 0.6 is 0 Å². The standard InChI is InChI=1S/C12H12FN3O/c13-10-4-2-9(3-5-10)11-8-16(7-1-6-14)12(17)15-11/h2-5,11H,1,7-8H2,(H,15,17). The first kappa shape index (κ1) is 11.4. The Kier molecular flexibility index (Phi) is 3.24. The van der Waals surface area contributed by atoms with Crippen LogP contribution in [0, 0.1) is 17.1 Å². The molecule has 1 fully saturated rings. The summed E-state index contributed by atoms with van der Waals surface area (Å²) in [4.78, 5) is 13.2. The minimum atomic E-state index is -0.292. The van der Waals surface area contributed by atoms with Gasteiger partial charge in [-0.25, -0.2) is 9.18 Å². The fraction of sp³-hybridized carbons (Fsp3) is 0.333. The summed E-state index contributed by atoms with van der Waals surface area (Å²) in [6, 6.07) is 7.78. The fourth-order valence-electron chi connectivity index (χ4n) is 1.85. The third kappa shape index (κ3) is 2.53. The van der Waals surface area contributed by atoms with Crippen molar-refractivity contribution in [1.29, 1.82) is 5.26 Å². The smallest absolute Gasteiger partial charge is 0.318 e. The van der Waals surface area contributed by atoms with Crippen LogP contribution in [0.15, 0.2) is 24.3 Å². The van der Waals surface area contributed by atoms with E-state index in [2.05, 4.69) is 5.32 Å². The molecule has 1 saturated heterocycles. The molecule has 0 bridgehead atoms. The Morgan fingerprint density at radius 1 is 1.47 bits per heavy atom. The molecule has 0 aromatic heterocycles. The lowest BCUT2D eigenvalue weighted by Crippen LogP contribution is -2.28. The monoisotopic (exact) mass is 233 g/mol. The van der Waals surface area contributed by atoms with E-state index in [4.69, 9.17) is 5.26 Å². The van der Waals surface area contributed by atoms with Crippen LogP contribution in [-0.2, 0) is 0 Å². The number of urea groups is 1. The van der Waals surface area contributed by atoms with Gasteiger partial charge in [0.05, 0.1) is 18.5 Å². The Labute approximate surface area is 98.6 Å². The second-order valence-corrected chi connectivity index (χ2v) is 3.91. The molecule has 0 spiro atoms. The zero-order valence-corrected chi connectivity index (χ0v) is 9.19. The normalized spacial score (nSPS) is 18.9. The van der Waals surface area contributed by atoms with Gasteiger partial charge in [-0.05, 0) is 17.7 Å². The predicted molar refractivity (Wildman–Crippen MR) is 59.5 cm³/mol. The minimum Gasteiger partial charge on any atom is -0.329 e. The molecule has 0 saturated carbocycles. The van der Waals surface area contributed by atoms with Crippen molar-refractivity contribution >= 4 is 6.03 Å². The van der Waals surface area contributed by atoms with Crippen LogP contribution < -0.4 is 5.32 Å². The molecule has 1 heterocycles. The van der Waals surface area contributed by atoms with E-state index in [9.17, 15) is 9.18 Å². The maximum atomic E-state index is 12.8. The lowest BCUT2D eigenvalue weighted by molar-refractivity contribution is 0.218. The molecule has 2 amide bonds. The third-order valence-electron chi connectivity index (χ3n) is 2.75. The first-order valence-corrected chi connectivity index (χ1v) is 5.38. The number of carbonyl (C=O) groups excluding carboxylic acids is 1. The van der Waals surface area contributed by atoms with Crippen LogP contribution in [0.3, 0.4) is 0 Å². The first-order chi connectivity index (χ1) is 8.20. The quantitative estimate of drug-likeness (QED) is 0.865. The molecule has 1 atom stereocenters. The van der Waals surface area contributed by atoms with E-state index in [1.165, 1.54) is 12.1 Å². The molecule has 1 aromatic rings. The van der Waals surface area contributed by atoms with Gasteiger partial charge < -0.3 is 10.2 Å². The van der Waals surface area contributed by atoms with Gasteiger partial charge >= 0.3 is 6.03 Å². The average Bonchev–Trinajstić information content (AvgIpc) is 2.69. The summed E-state index contributed by atoms with van der Waals surface area (Å²) >= 11 is 0. The molecule has 1 aliphatic rings. The van der Waals surface area contributed by atoms with Crippen molar-refractivity contribution < 1.29 is 9.18 Å². The third-order valence-corrected chi connectivity index (χ3v) is 2.75. The van der Waals surface area contributed by atoms with Crippen molar-refractivity contribution in [2.75, 3.05) is 13.1 Å². The van der Waals surface area contributed by atoms with Crippen molar-refractivity contribution in [1.82, 2.24) is 10.2 Å². The van der Waals surface area contributed by atoms with Gasteiger partial charge in [-0.2, -0.15) is 5.26 Å². The second kappa shape index (κ2) is 4.83. The van der Waals surface area contributed by atoms with E-state index in [1.54, 1.807) is 17.0 Å². The van der Waals surface area contributed by atoms with Gasteiger partial charge in [-0.1, -0.05) is 12.1 Å². The van der Waals surface area contributed by atoms with Crippen molar-refractivity contribution in [3.8, 4) is 6.07 Å². The van der Waals surface area contributed by atoms with Gasteiger partial charge in [0.15, 0.2) is 0 Å². The number of hydrogen-bond donors (Lipinski definition) is 1. The summed E-state index contributed by atoms with van der Waals surface area (Å²) in [6.45, 7) is 0.951. The van der Waals surface area contributed by atoms with Crippen LogP contribution in [-0.4, -0.2) is 24.0 Å². The number of nitriles is 1. The van der Waals surface area contributed by atoms with Gasteiger partial charge in [0, 0.05) is 13.1 Å². The Hall–Kier alpha value is -2.09. The molecule has 2 rings (SSSR count). The molecule has 17 heavy (non-hydrogen) atoms. The van der Waals surface area contributed by atoms with E-state index in [0.717, 1.165) is 5.56 Å². The maximum Gasteiger partial charge on any atom is 0.318 e. The summed E-state index contributed by atoms with van der Waals surface area (Å²) in [6.07, 6.45) is 0.323. The highest BCUT2D eigenvalue weighted by molar-refractivity contribution is 5.77. The highest BCUT2D eigenvalue weighted by Crippen LogP contribution is 2.20. The summed E-state index contributed by atoms with van der Waals surface area (Å²) in [7, 11) is 0. The van der Waals surface area contributed by atoms with Crippen LogP contribution in [0.25, 0.3) is 0 Å². The molecule has 5 heteroatoms. The predicted octanol–water partition coefficient (Wildman–Crippen LogP) is 1.81. The van der Waals surface area contributed by atoms with Crippen molar-refractivity contribution in [3.05, 3.63) is 35.6 Å². The van der Waals surface area contributed by atoms with Crippen LogP contribution in [0.1, 0.15) is 18.0 Å². The van der Waals surface area contributed by atoms with Gasteiger partial charge in [0.25, 0.3) is 0 Å². The Balaban J connectivity index is 2.03. The number of nitrogens with one attached hydrogen (secondary N) is 1. The Bertz CT molecular complexity index is 452. The molecular weight excluding hydrogens is 221 g/mol. The molecule has 1 aliphatic heterocycles. The average molecular weight is 233 g/mol. The fourth-order valence-corrected chi connectivity index (χ4v) is 1.85. The lowest BCUT2D eigenvalue weighted by Gasteiger charge is -2.12. The first-order valence-electron chi connectivity index (χ1n) is 5.38. The highest BCUT2D eigenvalue weighted by Gasteiger charge is 2.28. The summed E-state index contributed by atoms with van der Waals surface area (Å²) in [5.74, 6) is -0.292. The van der Waals surface area contributed by atoms with E-state index < -0.39 is 0 Å². The molecule has 1 N–H and O–H groups in total. The maximum absolute atomic E-state index is 12.8. The summed E-state index contributed by atoms with van der Waals surface area (Å²) in [5, 5.41) is 11.3. The van der Waals surface area contributed by atoms with Gasteiger partial charge in [0.2, 0.25) is 0 Å². The minimum absolute atomic E-state index is 0.123. The molecule has 1 unspecified atom stereocenters. The van der Waals surface area contributed by atoms with E-state index >= 15 is 0 Å². The number of carbonyl (C=O) groups is 1. The number of hydrogen-bond acceptors (Lipinski definition) is 2. The zero-order valence-electron chi connectivity index (χ0n) is 9.19. The van der Waals surface area contributed by atoms with Gasteiger partial charge in [-0.3, -0.25) is 0 Å². The van der Waals surface area contributed by atoms with Crippen LogP contribution in [0.2, 0.25) is 0 Å². The molecule has 4 nitrogen and oxygen atoms in total. The molecular formula is C12H12FN3O. The number of rotatable bonds is 3. The van der Waals surface area contributed by atoms with E-state index in [0.29, 0.717) is 19.5 Å². The molecule has 88 valence electrons. The number of nitrogens with zero attached hydrogens (tertiary/aromatic N) is 2. The van der Waals surface area contributed by atoms with Crippen LogP contribution in [0.4, 0.5) is 9.18 Å². The van der Waals surface area contributed by atoms with E-state index in [1.807, 2.05) is 6.07 Å². The molecule has 1 aromatic carbocycles. The van der Waals surface area contributed by atoms with Crippen molar-refractivity contribution in [3.63, 3.8) is 0 Å². The number of amides is 2. The van der Waals surface area contributed by atoms with Gasteiger partial charge in [-0.15, -0.1) is 0 Å². The van der Waals surface area contributed by atoms with E-state index in [-0.39, 0.29) is 17.9 Å². The topological polar surface area (TPSA) is 56.1 Å². The van der Waals surface area contributed by atoms with Crippen molar-refractivity contribution in [2.45, 2.75) is 12.5 Å². The number of benzene rings is 1. The summed E-state index contributed by atoms with van der Waals surface area (Å²) < 4.78 is 12.8. The Morgan fingerprint density at radius 2 is 2.18 bits per heavy atom. The van der Waals surface area contributed by atoms with Gasteiger partial charge in [0.1, 0.15) is 5.82 Å². The second-order valence-electron chi connectivity index (χ2n) is 3.91. The summed E-state index contributed by atoms with van der Waals surface area (Å²) in [5.41, 5.74) is 0.874. The zero-order chi connectivity index (χ0) is 12.3. The van der Waals surface area contributed by atoms with Crippen molar-refractivity contribution in [2.24, 2.45) is 0 Å².